The highest BCUT2D eigenvalue weighted by molar-refractivity contribution is 5.78. The third kappa shape index (κ3) is 1.52. The van der Waals surface area contributed by atoms with Crippen LogP contribution in [0.15, 0.2) is 24.3 Å². The lowest BCUT2D eigenvalue weighted by molar-refractivity contribution is -0.140. The Labute approximate surface area is 90.7 Å². The number of rotatable bonds is 3. The lowest BCUT2D eigenvalue weighted by atomic mass is 10.1. The molecule has 0 amide bonds. The maximum absolute atomic E-state index is 13.2. The fraction of sp³-hybridized carbons (Fsp3) is 0.364. The van der Waals surface area contributed by atoms with Gasteiger partial charge in [0.15, 0.2) is 0 Å². The normalized spacial score (nSPS) is 26.2. The summed E-state index contributed by atoms with van der Waals surface area (Å²) in [6.07, 6.45) is 0. The molecule has 0 saturated heterocycles. The van der Waals surface area contributed by atoms with Crippen LogP contribution in [0.25, 0.3) is 0 Å². The number of carbonyl (C=O) groups is 1. The molecule has 86 valence electrons. The number of carboxylic acid groups (broad SMARTS) is 1. The zero-order valence-corrected chi connectivity index (χ0v) is 8.48. The number of alkyl halides is 2. The zero-order valence-electron chi connectivity index (χ0n) is 8.48. The first kappa shape index (κ1) is 10.9. The Balaban J connectivity index is 2.23. The molecule has 0 spiro atoms. The van der Waals surface area contributed by atoms with Crippen molar-refractivity contribution >= 4 is 5.97 Å². The molecule has 0 aliphatic heterocycles. The summed E-state index contributed by atoms with van der Waals surface area (Å²) in [5, 5.41) is 8.62. The number of ether oxygens (including phenoxy) is 1. The van der Waals surface area contributed by atoms with Crippen LogP contribution in [0.5, 0.6) is 5.75 Å². The van der Waals surface area contributed by atoms with Crippen LogP contribution < -0.4 is 4.74 Å². The van der Waals surface area contributed by atoms with Crippen LogP contribution in [0.2, 0.25) is 0 Å². The van der Waals surface area contributed by atoms with Crippen LogP contribution >= 0.6 is 0 Å². The molecule has 1 saturated carbocycles. The summed E-state index contributed by atoms with van der Waals surface area (Å²) in [7, 11) is 1.47. The minimum atomic E-state index is -3.14. The number of benzene rings is 1. The van der Waals surface area contributed by atoms with Crippen molar-refractivity contribution in [2.24, 2.45) is 5.92 Å². The Bertz CT molecular complexity index is 414. The molecule has 1 aromatic carbocycles. The van der Waals surface area contributed by atoms with Crippen molar-refractivity contribution in [3.8, 4) is 5.75 Å². The number of hydrogen-bond donors (Lipinski definition) is 1. The fourth-order valence-corrected chi connectivity index (χ4v) is 1.86. The number of hydrogen-bond acceptors (Lipinski definition) is 2. The van der Waals surface area contributed by atoms with Crippen molar-refractivity contribution in [2.45, 2.75) is 11.8 Å². The van der Waals surface area contributed by atoms with Crippen molar-refractivity contribution in [3.05, 3.63) is 29.8 Å². The molecular weight excluding hydrogens is 218 g/mol. The van der Waals surface area contributed by atoms with E-state index in [4.69, 9.17) is 9.84 Å². The van der Waals surface area contributed by atoms with Gasteiger partial charge in [-0.2, -0.15) is 0 Å². The molecule has 0 bridgehead atoms. The molecule has 1 fully saturated rings. The second-order valence-electron chi connectivity index (χ2n) is 3.74. The Kier molecular flexibility index (Phi) is 2.33. The number of aliphatic carboxylic acids is 1. The largest absolute Gasteiger partial charge is 0.497 e. The van der Waals surface area contributed by atoms with Crippen molar-refractivity contribution in [2.75, 3.05) is 7.11 Å². The standard InChI is InChI=1S/C11H10F2O3/c1-16-7-4-2-6(3-5-7)8-9(10(14)15)11(8,12)13/h2-5,8-9H,1H3,(H,14,15). The van der Waals surface area contributed by atoms with E-state index < -0.39 is 23.7 Å². The molecule has 1 aliphatic rings. The molecule has 2 atom stereocenters. The third-order valence-electron chi connectivity index (χ3n) is 2.79. The molecule has 16 heavy (non-hydrogen) atoms. The van der Waals surface area contributed by atoms with E-state index in [0.717, 1.165) is 0 Å². The predicted molar refractivity (Wildman–Crippen MR) is 51.8 cm³/mol. The minimum absolute atomic E-state index is 0.332. The van der Waals surface area contributed by atoms with Gasteiger partial charge in [-0.05, 0) is 17.7 Å². The highest BCUT2D eigenvalue weighted by Gasteiger charge is 2.72. The molecule has 0 radical (unpaired) electrons. The SMILES string of the molecule is COc1ccc(C2C(C(=O)O)C2(F)F)cc1. The maximum atomic E-state index is 13.2. The van der Waals surface area contributed by atoms with E-state index >= 15 is 0 Å². The summed E-state index contributed by atoms with van der Waals surface area (Å²) in [5.74, 6) is -6.84. The van der Waals surface area contributed by atoms with Gasteiger partial charge in [0.1, 0.15) is 11.7 Å². The van der Waals surface area contributed by atoms with E-state index in [2.05, 4.69) is 0 Å². The highest BCUT2D eigenvalue weighted by atomic mass is 19.3. The van der Waals surface area contributed by atoms with Gasteiger partial charge in [0.25, 0.3) is 5.92 Å². The van der Waals surface area contributed by atoms with Gasteiger partial charge in [-0.3, -0.25) is 4.79 Å². The molecule has 1 N–H and O–H groups in total. The number of halogens is 2. The van der Waals surface area contributed by atoms with Crippen LogP contribution in [0.1, 0.15) is 11.5 Å². The molecule has 1 aromatic rings. The summed E-state index contributed by atoms with van der Waals surface area (Å²) in [4.78, 5) is 10.6. The molecule has 3 nitrogen and oxygen atoms in total. The molecule has 5 heteroatoms. The first-order valence-electron chi connectivity index (χ1n) is 4.73. The van der Waals surface area contributed by atoms with Gasteiger partial charge >= 0.3 is 5.97 Å². The van der Waals surface area contributed by atoms with Crippen molar-refractivity contribution in [1.82, 2.24) is 0 Å². The highest BCUT2D eigenvalue weighted by Crippen LogP contribution is 2.61. The second kappa shape index (κ2) is 3.43. The quantitative estimate of drug-likeness (QED) is 0.862. The summed E-state index contributed by atoms with van der Waals surface area (Å²) in [6, 6.07) is 6.03. The Morgan fingerprint density at radius 2 is 1.94 bits per heavy atom. The van der Waals surface area contributed by atoms with E-state index in [1.165, 1.54) is 19.2 Å². The van der Waals surface area contributed by atoms with Gasteiger partial charge in [-0.15, -0.1) is 0 Å². The molecule has 0 aromatic heterocycles. The molecular formula is C11H10F2O3. The first-order chi connectivity index (χ1) is 7.48. The van der Waals surface area contributed by atoms with Crippen LogP contribution in [0.4, 0.5) is 8.78 Å². The molecule has 2 rings (SSSR count). The third-order valence-corrected chi connectivity index (χ3v) is 2.79. The van der Waals surface area contributed by atoms with Crippen molar-refractivity contribution in [3.63, 3.8) is 0 Å². The topological polar surface area (TPSA) is 46.5 Å². The summed E-state index contributed by atoms with van der Waals surface area (Å²) in [6.45, 7) is 0. The average molecular weight is 228 g/mol. The predicted octanol–water partition coefficient (Wildman–Crippen LogP) is 2.13. The minimum Gasteiger partial charge on any atom is -0.497 e. The maximum Gasteiger partial charge on any atom is 0.313 e. The summed E-state index contributed by atoms with van der Waals surface area (Å²) < 4.78 is 31.2. The number of carboxylic acids is 1. The van der Waals surface area contributed by atoms with Crippen LogP contribution in [-0.4, -0.2) is 24.1 Å². The van der Waals surface area contributed by atoms with Gasteiger partial charge in [0, 0.05) is 0 Å². The number of methoxy groups -OCH3 is 1. The fourth-order valence-electron chi connectivity index (χ4n) is 1.86. The van der Waals surface area contributed by atoms with Crippen molar-refractivity contribution in [1.29, 1.82) is 0 Å². The van der Waals surface area contributed by atoms with Crippen molar-refractivity contribution < 1.29 is 23.4 Å². The van der Waals surface area contributed by atoms with Gasteiger partial charge in [0.05, 0.1) is 13.0 Å². The lowest BCUT2D eigenvalue weighted by Crippen LogP contribution is -2.04. The summed E-state index contributed by atoms with van der Waals surface area (Å²) in [5.41, 5.74) is 0.332. The van der Waals surface area contributed by atoms with Crippen LogP contribution in [-0.2, 0) is 4.79 Å². The van der Waals surface area contributed by atoms with Crippen LogP contribution in [0.3, 0.4) is 0 Å². The van der Waals surface area contributed by atoms with E-state index in [1.807, 2.05) is 0 Å². The van der Waals surface area contributed by atoms with Gasteiger partial charge < -0.3 is 9.84 Å². The van der Waals surface area contributed by atoms with Gasteiger partial charge in [0.2, 0.25) is 0 Å². The van der Waals surface area contributed by atoms with E-state index in [-0.39, 0.29) is 0 Å². The zero-order chi connectivity index (χ0) is 11.9. The van der Waals surface area contributed by atoms with E-state index in [1.54, 1.807) is 12.1 Å². The van der Waals surface area contributed by atoms with E-state index in [9.17, 15) is 13.6 Å². The first-order valence-corrected chi connectivity index (χ1v) is 4.73. The smallest absolute Gasteiger partial charge is 0.313 e. The molecule has 1 aliphatic carbocycles. The molecule has 2 unspecified atom stereocenters. The monoisotopic (exact) mass is 228 g/mol. The van der Waals surface area contributed by atoms with Gasteiger partial charge in [-0.25, -0.2) is 8.78 Å². The Hall–Kier alpha value is -1.65. The van der Waals surface area contributed by atoms with Crippen LogP contribution in [0, 0.1) is 5.92 Å². The lowest BCUT2D eigenvalue weighted by Gasteiger charge is -2.01. The Morgan fingerprint density at radius 1 is 1.38 bits per heavy atom. The summed E-state index contributed by atoms with van der Waals surface area (Å²) >= 11 is 0. The van der Waals surface area contributed by atoms with Gasteiger partial charge in [-0.1, -0.05) is 12.1 Å². The Morgan fingerprint density at radius 3 is 2.31 bits per heavy atom. The second-order valence-corrected chi connectivity index (χ2v) is 3.74. The molecule has 0 heterocycles. The van der Waals surface area contributed by atoms with E-state index in [0.29, 0.717) is 11.3 Å². The average Bonchev–Trinajstić information content (AvgIpc) is 2.82.